The van der Waals surface area contributed by atoms with Crippen LogP contribution < -0.4 is 0 Å². The smallest absolute Gasteiger partial charge is 0.228 e. The molecule has 1 amide bonds. The number of carbonyl (C=O) groups excluding carboxylic acids is 1. The Morgan fingerprint density at radius 3 is 1.94 bits per heavy atom. The summed E-state index contributed by atoms with van der Waals surface area (Å²) >= 11 is 0. The molecule has 3 nitrogen and oxygen atoms in total. The maximum Gasteiger partial charge on any atom is 0.228 e. The van der Waals surface area contributed by atoms with E-state index in [1.165, 1.54) is 0 Å². The maximum absolute atomic E-state index is 12.2. The first-order valence-electron chi connectivity index (χ1n) is 6.59. The third-order valence-corrected chi connectivity index (χ3v) is 3.42. The van der Waals surface area contributed by atoms with Crippen molar-refractivity contribution in [2.24, 2.45) is 5.41 Å². The molecule has 3 heteroatoms. The van der Waals surface area contributed by atoms with E-state index in [9.17, 15) is 4.79 Å². The number of nitrogens with zero attached hydrogens (tertiary/aromatic N) is 2. The van der Waals surface area contributed by atoms with Gasteiger partial charge >= 0.3 is 0 Å². The molecule has 100 valence electrons. The average Bonchev–Trinajstić information content (AvgIpc) is 2.12. The minimum Gasteiger partial charge on any atom is -0.339 e. The van der Waals surface area contributed by atoms with Gasteiger partial charge in [0.05, 0.1) is 0 Å². The predicted molar refractivity (Wildman–Crippen MR) is 72.0 cm³/mol. The second-order valence-electron chi connectivity index (χ2n) is 7.21. The molecule has 17 heavy (non-hydrogen) atoms. The predicted octanol–water partition coefficient (Wildman–Crippen LogP) is 2.36. The van der Waals surface area contributed by atoms with Gasteiger partial charge in [-0.3, -0.25) is 9.69 Å². The molecule has 0 spiro atoms. The summed E-state index contributed by atoms with van der Waals surface area (Å²) in [5.74, 6) is 0.276. The highest BCUT2D eigenvalue weighted by Crippen LogP contribution is 2.24. The fourth-order valence-corrected chi connectivity index (χ4v) is 2.61. The zero-order valence-electron chi connectivity index (χ0n) is 12.5. The van der Waals surface area contributed by atoms with E-state index in [4.69, 9.17) is 0 Å². The molecule has 0 saturated carbocycles. The molecule has 0 bridgehead atoms. The molecule has 1 atom stereocenters. The van der Waals surface area contributed by atoms with Gasteiger partial charge in [-0.2, -0.15) is 0 Å². The van der Waals surface area contributed by atoms with Gasteiger partial charge in [-0.05, 0) is 27.7 Å². The van der Waals surface area contributed by atoms with E-state index in [1.807, 2.05) is 25.7 Å². The summed E-state index contributed by atoms with van der Waals surface area (Å²) < 4.78 is 0. The summed E-state index contributed by atoms with van der Waals surface area (Å²) in [6, 6.07) is 0.440. The Bertz CT molecular complexity index is 286. The van der Waals surface area contributed by atoms with Crippen LogP contribution in [0.1, 0.15) is 48.5 Å². The largest absolute Gasteiger partial charge is 0.339 e. The van der Waals surface area contributed by atoms with Crippen LogP contribution in [0.5, 0.6) is 0 Å². The van der Waals surface area contributed by atoms with E-state index in [1.54, 1.807) is 0 Å². The van der Waals surface area contributed by atoms with E-state index in [0.29, 0.717) is 6.04 Å². The molecule has 1 heterocycles. The van der Waals surface area contributed by atoms with Crippen LogP contribution in [0, 0.1) is 5.41 Å². The third kappa shape index (κ3) is 3.44. The molecule has 0 aliphatic carbocycles. The van der Waals surface area contributed by atoms with E-state index in [0.717, 1.165) is 19.6 Å². The molecule has 1 rings (SSSR count). The van der Waals surface area contributed by atoms with Crippen LogP contribution in [-0.4, -0.2) is 46.9 Å². The molecule has 0 aromatic carbocycles. The molecule has 0 radical (unpaired) electrons. The summed E-state index contributed by atoms with van der Waals surface area (Å²) in [6.45, 7) is 17.6. The average molecular weight is 240 g/mol. The molecular weight excluding hydrogens is 212 g/mol. The van der Waals surface area contributed by atoms with Crippen molar-refractivity contribution in [2.45, 2.75) is 60.0 Å². The molecule has 1 saturated heterocycles. The van der Waals surface area contributed by atoms with Gasteiger partial charge < -0.3 is 4.90 Å². The van der Waals surface area contributed by atoms with Crippen LogP contribution in [0.2, 0.25) is 0 Å². The van der Waals surface area contributed by atoms with Crippen LogP contribution in [0.25, 0.3) is 0 Å². The highest BCUT2D eigenvalue weighted by molar-refractivity contribution is 5.81. The molecule has 1 fully saturated rings. The first-order chi connectivity index (χ1) is 7.53. The summed E-state index contributed by atoms with van der Waals surface area (Å²) in [5.41, 5.74) is -0.0695. The van der Waals surface area contributed by atoms with E-state index < -0.39 is 0 Å². The lowest BCUT2D eigenvalue weighted by Crippen LogP contribution is -2.60. The highest BCUT2D eigenvalue weighted by atomic mass is 16.2. The molecular formula is C14H28N2O. The van der Waals surface area contributed by atoms with Crippen LogP contribution in [0.3, 0.4) is 0 Å². The second kappa shape index (κ2) is 4.60. The van der Waals surface area contributed by atoms with Gasteiger partial charge in [0.1, 0.15) is 0 Å². The molecule has 0 unspecified atom stereocenters. The summed E-state index contributed by atoms with van der Waals surface area (Å²) in [6.07, 6.45) is 0. The van der Waals surface area contributed by atoms with Crippen LogP contribution in [-0.2, 0) is 4.79 Å². The fourth-order valence-electron chi connectivity index (χ4n) is 2.61. The topological polar surface area (TPSA) is 23.6 Å². The Morgan fingerprint density at radius 2 is 1.59 bits per heavy atom. The lowest BCUT2D eigenvalue weighted by atomic mass is 9.93. The van der Waals surface area contributed by atoms with E-state index in [-0.39, 0.29) is 16.9 Å². The zero-order valence-corrected chi connectivity index (χ0v) is 12.5. The van der Waals surface area contributed by atoms with Crippen LogP contribution in [0.4, 0.5) is 0 Å². The minimum absolute atomic E-state index is 0.191. The fraction of sp³-hybridized carbons (Fsp3) is 0.929. The Morgan fingerprint density at radius 1 is 1.06 bits per heavy atom. The van der Waals surface area contributed by atoms with Gasteiger partial charge in [0.15, 0.2) is 0 Å². The first-order valence-corrected chi connectivity index (χ1v) is 6.59. The molecule has 1 aliphatic heterocycles. The first kappa shape index (κ1) is 14.5. The van der Waals surface area contributed by atoms with Crippen molar-refractivity contribution < 1.29 is 4.79 Å². The Balaban J connectivity index is 2.68. The second-order valence-corrected chi connectivity index (χ2v) is 7.21. The van der Waals surface area contributed by atoms with Gasteiger partial charge in [-0.15, -0.1) is 0 Å². The normalized spacial score (nSPS) is 23.9. The standard InChI is InChI=1S/C14H28N2O/c1-11-10-15(12(17)13(2,3)4)8-9-16(11)14(5,6)7/h11H,8-10H2,1-7H3/t11-/m0/s1. The van der Waals surface area contributed by atoms with Gasteiger partial charge in [0.25, 0.3) is 0 Å². The molecule has 1 aliphatic rings. The van der Waals surface area contributed by atoms with Gasteiger partial charge in [-0.1, -0.05) is 20.8 Å². The molecule has 0 aromatic rings. The van der Waals surface area contributed by atoms with Gasteiger partial charge in [0, 0.05) is 36.6 Å². The third-order valence-electron chi connectivity index (χ3n) is 3.42. The summed E-state index contributed by atoms with van der Waals surface area (Å²) in [7, 11) is 0. The van der Waals surface area contributed by atoms with E-state index in [2.05, 4.69) is 32.6 Å². The molecule has 0 aromatic heterocycles. The summed E-state index contributed by atoms with van der Waals surface area (Å²) in [5, 5.41) is 0. The van der Waals surface area contributed by atoms with Crippen molar-refractivity contribution in [2.75, 3.05) is 19.6 Å². The number of hydrogen-bond acceptors (Lipinski definition) is 2. The lowest BCUT2D eigenvalue weighted by Gasteiger charge is -2.47. The minimum atomic E-state index is -0.260. The Hall–Kier alpha value is -0.570. The van der Waals surface area contributed by atoms with Gasteiger partial charge in [-0.25, -0.2) is 0 Å². The Labute approximate surface area is 106 Å². The van der Waals surface area contributed by atoms with Crippen molar-refractivity contribution in [3.8, 4) is 0 Å². The number of hydrogen-bond donors (Lipinski definition) is 0. The van der Waals surface area contributed by atoms with E-state index >= 15 is 0 Å². The quantitative estimate of drug-likeness (QED) is 0.649. The maximum atomic E-state index is 12.2. The highest BCUT2D eigenvalue weighted by Gasteiger charge is 2.35. The SMILES string of the molecule is C[C@H]1CN(C(=O)C(C)(C)C)CCN1C(C)(C)C. The van der Waals surface area contributed by atoms with Gasteiger partial charge in [0.2, 0.25) is 5.91 Å². The van der Waals surface area contributed by atoms with Crippen molar-refractivity contribution in [1.82, 2.24) is 9.80 Å². The Kier molecular flexibility index (Phi) is 3.92. The van der Waals surface area contributed by atoms with Crippen LogP contribution >= 0.6 is 0 Å². The number of carbonyl (C=O) groups is 1. The number of rotatable bonds is 0. The van der Waals surface area contributed by atoms with Crippen molar-refractivity contribution in [3.05, 3.63) is 0 Å². The number of amides is 1. The zero-order chi connectivity index (χ0) is 13.4. The van der Waals surface area contributed by atoms with Crippen molar-refractivity contribution in [1.29, 1.82) is 0 Å². The monoisotopic (exact) mass is 240 g/mol. The van der Waals surface area contributed by atoms with Crippen molar-refractivity contribution >= 4 is 5.91 Å². The van der Waals surface area contributed by atoms with Crippen LogP contribution in [0.15, 0.2) is 0 Å². The van der Waals surface area contributed by atoms with Crippen molar-refractivity contribution in [3.63, 3.8) is 0 Å². The molecule has 0 N–H and O–H groups in total. The summed E-state index contributed by atoms with van der Waals surface area (Å²) in [4.78, 5) is 16.7. The number of piperazine rings is 1. The lowest BCUT2D eigenvalue weighted by molar-refractivity contribution is -0.143.